The van der Waals surface area contributed by atoms with Gasteiger partial charge in [0.1, 0.15) is 5.37 Å². The molecule has 0 heterocycles. The third-order valence-corrected chi connectivity index (χ3v) is 5.24. The summed E-state index contributed by atoms with van der Waals surface area (Å²) in [5, 5.41) is 2.09. The third kappa shape index (κ3) is 4.82. The average molecular weight is 375 g/mol. The van der Waals surface area contributed by atoms with E-state index in [1.165, 1.54) is 11.8 Å². The Bertz CT molecular complexity index is 643. The summed E-state index contributed by atoms with van der Waals surface area (Å²) in [6.07, 6.45) is 0. The molecular weight excluding hydrogens is 361 g/mol. The third-order valence-electron chi connectivity index (χ3n) is 2.95. The highest BCUT2D eigenvalue weighted by atomic mass is 35.6. The van der Waals surface area contributed by atoms with Crippen molar-refractivity contribution < 1.29 is 4.79 Å². The second-order valence-corrected chi connectivity index (χ2v) is 8.19. The maximum absolute atomic E-state index is 12.4. The highest BCUT2D eigenvalue weighted by molar-refractivity contribution is 8.00. The molecule has 0 saturated carbocycles. The molecule has 0 aliphatic heterocycles. The molecule has 2 aromatic rings. The molecule has 0 aliphatic rings. The summed E-state index contributed by atoms with van der Waals surface area (Å²) in [4.78, 5) is 13.3. The zero-order valence-electron chi connectivity index (χ0n) is 11.7. The van der Waals surface area contributed by atoms with Crippen LogP contribution in [0.5, 0.6) is 0 Å². The molecule has 0 saturated heterocycles. The van der Waals surface area contributed by atoms with Crippen molar-refractivity contribution in [2.45, 2.75) is 21.0 Å². The predicted molar refractivity (Wildman–Crippen MR) is 95.0 cm³/mol. The first-order chi connectivity index (χ1) is 10.4. The van der Waals surface area contributed by atoms with Crippen molar-refractivity contribution in [3.8, 4) is 0 Å². The van der Waals surface area contributed by atoms with Gasteiger partial charge in [-0.25, -0.2) is 0 Å². The Kier molecular flexibility index (Phi) is 6.04. The van der Waals surface area contributed by atoms with Crippen molar-refractivity contribution in [2.24, 2.45) is 0 Å². The first-order valence-corrected chi connectivity index (χ1v) is 8.54. The zero-order valence-corrected chi connectivity index (χ0v) is 14.8. The van der Waals surface area contributed by atoms with Crippen molar-refractivity contribution in [2.75, 3.05) is 0 Å². The number of rotatable bonds is 4. The van der Waals surface area contributed by atoms with Gasteiger partial charge in [0.05, 0.1) is 0 Å². The van der Waals surface area contributed by atoms with Gasteiger partial charge in [-0.05, 0) is 30.7 Å². The first kappa shape index (κ1) is 17.5. The maximum atomic E-state index is 12.4. The molecule has 1 atom stereocenters. The van der Waals surface area contributed by atoms with E-state index in [1.807, 2.05) is 49.4 Å². The van der Waals surface area contributed by atoms with E-state index < -0.39 is 9.17 Å². The summed E-state index contributed by atoms with van der Waals surface area (Å²) in [6.45, 7) is 1.86. The van der Waals surface area contributed by atoms with Gasteiger partial charge in [-0.15, -0.1) is 0 Å². The number of hydrogen-bond donors (Lipinski definition) is 1. The number of alkyl halides is 3. The van der Waals surface area contributed by atoms with E-state index in [1.54, 1.807) is 12.1 Å². The number of amides is 1. The Morgan fingerprint density at radius 2 is 1.64 bits per heavy atom. The molecule has 6 heteroatoms. The minimum absolute atomic E-state index is 0.266. The van der Waals surface area contributed by atoms with Crippen LogP contribution in [0.1, 0.15) is 15.9 Å². The lowest BCUT2D eigenvalue weighted by Crippen LogP contribution is -2.41. The first-order valence-electron chi connectivity index (χ1n) is 6.53. The molecule has 1 amide bonds. The number of carbonyl (C=O) groups is 1. The van der Waals surface area contributed by atoms with Crippen LogP contribution < -0.4 is 5.32 Å². The molecule has 2 nitrogen and oxygen atoms in total. The molecule has 0 bridgehead atoms. The van der Waals surface area contributed by atoms with Gasteiger partial charge in [0, 0.05) is 10.5 Å². The lowest BCUT2D eigenvalue weighted by atomic mass is 10.1. The summed E-state index contributed by atoms with van der Waals surface area (Å²) in [7, 11) is 0. The van der Waals surface area contributed by atoms with Crippen LogP contribution in [0.15, 0.2) is 59.5 Å². The van der Waals surface area contributed by atoms with Gasteiger partial charge in [-0.2, -0.15) is 0 Å². The Hall–Kier alpha value is -0.870. The molecular formula is C16H14Cl3NOS. The zero-order chi connectivity index (χ0) is 16.2. The largest absolute Gasteiger partial charge is 0.336 e. The predicted octanol–water partition coefficient (Wildman–Crippen LogP) is 5.21. The quantitative estimate of drug-likeness (QED) is 0.452. The van der Waals surface area contributed by atoms with E-state index in [9.17, 15) is 4.79 Å². The number of thioether (sulfide) groups is 1. The van der Waals surface area contributed by atoms with Gasteiger partial charge in [0.25, 0.3) is 5.91 Å². The van der Waals surface area contributed by atoms with Crippen molar-refractivity contribution in [1.82, 2.24) is 5.32 Å². The summed E-state index contributed by atoms with van der Waals surface area (Å²) in [5.74, 6) is -0.266. The van der Waals surface area contributed by atoms with Crippen LogP contribution in [0.25, 0.3) is 0 Å². The summed E-state index contributed by atoms with van der Waals surface area (Å²) < 4.78 is -1.63. The van der Waals surface area contributed by atoms with E-state index in [0.717, 1.165) is 10.5 Å². The fourth-order valence-electron chi connectivity index (χ4n) is 1.84. The average Bonchev–Trinajstić information content (AvgIpc) is 2.47. The van der Waals surface area contributed by atoms with Gasteiger partial charge < -0.3 is 5.32 Å². The molecule has 0 fully saturated rings. The summed E-state index contributed by atoms with van der Waals surface area (Å²) >= 11 is 19.3. The lowest BCUT2D eigenvalue weighted by Gasteiger charge is -2.25. The number of halogens is 3. The van der Waals surface area contributed by atoms with Crippen molar-refractivity contribution >= 4 is 52.5 Å². The highest BCUT2D eigenvalue weighted by Gasteiger charge is 2.35. The van der Waals surface area contributed by atoms with Crippen LogP contribution in [0.4, 0.5) is 0 Å². The SMILES string of the molecule is Cc1ccccc1C(=O)N[C@@H](Sc1ccccc1)C(Cl)(Cl)Cl. The second-order valence-electron chi connectivity index (χ2n) is 4.64. The minimum Gasteiger partial charge on any atom is -0.336 e. The van der Waals surface area contributed by atoms with Crippen LogP contribution in [-0.2, 0) is 0 Å². The number of hydrogen-bond acceptors (Lipinski definition) is 2. The normalized spacial score (nSPS) is 12.7. The van der Waals surface area contributed by atoms with Crippen LogP contribution in [0.2, 0.25) is 0 Å². The smallest absolute Gasteiger partial charge is 0.252 e. The van der Waals surface area contributed by atoms with E-state index in [2.05, 4.69) is 5.32 Å². The number of benzene rings is 2. The number of aryl methyl sites for hydroxylation is 1. The number of nitrogens with one attached hydrogen (secondary N) is 1. The molecule has 0 radical (unpaired) electrons. The molecule has 22 heavy (non-hydrogen) atoms. The topological polar surface area (TPSA) is 29.1 Å². The van der Waals surface area contributed by atoms with Crippen LogP contribution >= 0.6 is 46.6 Å². The Balaban J connectivity index is 2.17. The fourth-order valence-corrected chi connectivity index (χ4v) is 3.29. The molecule has 0 aliphatic carbocycles. The lowest BCUT2D eigenvalue weighted by molar-refractivity contribution is 0.0949. The van der Waals surface area contributed by atoms with E-state index in [0.29, 0.717) is 5.56 Å². The van der Waals surface area contributed by atoms with Crippen LogP contribution in [0, 0.1) is 6.92 Å². The monoisotopic (exact) mass is 373 g/mol. The van der Waals surface area contributed by atoms with Crippen molar-refractivity contribution in [3.05, 3.63) is 65.7 Å². The molecule has 0 unspecified atom stereocenters. The number of carbonyl (C=O) groups excluding carboxylic acids is 1. The minimum atomic E-state index is -1.63. The standard InChI is InChI=1S/C16H14Cl3NOS/c1-11-7-5-6-10-13(11)14(21)20-15(16(17,18)19)22-12-8-3-2-4-9-12/h2-10,15H,1H3,(H,20,21)/t15-/m0/s1. The van der Waals surface area contributed by atoms with Crippen molar-refractivity contribution in [1.29, 1.82) is 0 Å². The van der Waals surface area contributed by atoms with Crippen LogP contribution in [-0.4, -0.2) is 15.1 Å². The maximum Gasteiger partial charge on any atom is 0.252 e. The molecule has 2 aromatic carbocycles. The Labute approximate surface area is 149 Å². The molecule has 0 aromatic heterocycles. The van der Waals surface area contributed by atoms with Gasteiger partial charge in [0.15, 0.2) is 0 Å². The molecule has 1 N–H and O–H groups in total. The second kappa shape index (κ2) is 7.60. The summed E-state index contributed by atoms with van der Waals surface area (Å²) in [5.41, 5.74) is 1.43. The summed E-state index contributed by atoms with van der Waals surface area (Å²) in [6, 6.07) is 16.8. The van der Waals surface area contributed by atoms with Gasteiger partial charge in [-0.1, -0.05) is 83.0 Å². The van der Waals surface area contributed by atoms with Crippen molar-refractivity contribution in [3.63, 3.8) is 0 Å². The fraction of sp³-hybridized carbons (Fsp3) is 0.188. The van der Waals surface area contributed by atoms with E-state index in [-0.39, 0.29) is 5.91 Å². The van der Waals surface area contributed by atoms with Gasteiger partial charge >= 0.3 is 0 Å². The Morgan fingerprint density at radius 3 is 2.23 bits per heavy atom. The molecule has 2 rings (SSSR count). The Morgan fingerprint density at radius 1 is 1.05 bits per heavy atom. The highest BCUT2D eigenvalue weighted by Crippen LogP contribution is 2.39. The van der Waals surface area contributed by atoms with E-state index >= 15 is 0 Å². The molecule has 116 valence electrons. The van der Waals surface area contributed by atoms with E-state index in [4.69, 9.17) is 34.8 Å². The van der Waals surface area contributed by atoms with Gasteiger partial charge in [-0.3, -0.25) is 4.79 Å². The van der Waals surface area contributed by atoms with Crippen LogP contribution in [0.3, 0.4) is 0 Å². The molecule has 0 spiro atoms. The van der Waals surface area contributed by atoms with Gasteiger partial charge in [0.2, 0.25) is 3.79 Å².